The first-order chi connectivity index (χ1) is 10.2. The zero-order valence-electron chi connectivity index (χ0n) is 13.0. The smallest absolute Gasteiger partial charge is 0.331 e. The van der Waals surface area contributed by atoms with Crippen LogP contribution < -0.4 is 10.1 Å². The Morgan fingerprint density at radius 3 is 2.32 bits per heavy atom. The van der Waals surface area contributed by atoms with Crippen molar-refractivity contribution in [2.75, 3.05) is 20.3 Å². The van der Waals surface area contributed by atoms with Crippen molar-refractivity contribution in [2.24, 2.45) is 0 Å². The van der Waals surface area contributed by atoms with Gasteiger partial charge >= 0.3 is 5.97 Å². The Morgan fingerprint density at radius 2 is 1.86 bits per heavy atom. The Bertz CT molecular complexity index is 552. The van der Waals surface area contributed by atoms with Crippen molar-refractivity contribution in [2.45, 2.75) is 26.3 Å². The van der Waals surface area contributed by atoms with E-state index >= 15 is 0 Å². The van der Waals surface area contributed by atoms with E-state index in [1.807, 2.05) is 13.8 Å². The summed E-state index contributed by atoms with van der Waals surface area (Å²) in [6.45, 7) is 4.60. The maximum Gasteiger partial charge on any atom is 0.331 e. The van der Waals surface area contributed by atoms with E-state index < -0.39 is 17.4 Å². The Labute approximate surface area is 134 Å². The maximum absolute atomic E-state index is 11.9. The first-order valence-electron chi connectivity index (χ1n) is 6.62. The van der Waals surface area contributed by atoms with Gasteiger partial charge in [-0.3, -0.25) is 4.79 Å². The van der Waals surface area contributed by atoms with E-state index in [0.717, 1.165) is 11.1 Å². The molecule has 0 aliphatic rings. The van der Waals surface area contributed by atoms with E-state index in [9.17, 15) is 9.59 Å². The molecule has 0 fully saturated rings. The van der Waals surface area contributed by atoms with E-state index in [1.54, 1.807) is 12.1 Å². The predicted molar refractivity (Wildman–Crippen MR) is 82.5 cm³/mol. The van der Waals surface area contributed by atoms with Crippen LogP contribution in [0.1, 0.15) is 18.1 Å². The second-order valence-corrected chi connectivity index (χ2v) is 5.66. The molecule has 1 aromatic carbocycles. The van der Waals surface area contributed by atoms with Gasteiger partial charge in [-0.05, 0) is 44.0 Å². The maximum atomic E-state index is 11.9. The molecule has 7 heteroatoms. The van der Waals surface area contributed by atoms with Gasteiger partial charge in [0.15, 0.2) is 12.1 Å². The summed E-state index contributed by atoms with van der Waals surface area (Å²) in [5.41, 5.74) is 0.180. The monoisotopic (exact) mass is 329 g/mol. The summed E-state index contributed by atoms with van der Waals surface area (Å²) in [6, 6.07) is 3.43. The van der Waals surface area contributed by atoms with E-state index in [2.05, 4.69) is 5.32 Å². The number of carbonyl (C=O) groups excluding carboxylic acids is 1. The van der Waals surface area contributed by atoms with Gasteiger partial charge in [-0.1, -0.05) is 11.6 Å². The predicted octanol–water partition coefficient (Wildman–Crippen LogP) is 1.94. The van der Waals surface area contributed by atoms with Crippen molar-refractivity contribution in [1.29, 1.82) is 0 Å². The van der Waals surface area contributed by atoms with Crippen LogP contribution in [0, 0.1) is 13.8 Å². The first-order valence-corrected chi connectivity index (χ1v) is 7.00. The lowest BCUT2D eigenvalue weighted by atomic mass is 10.0. The fraction of sp³-hybridized carbons (Fsp3) is 0.467. The molecular weight excluding hydrogens is 310 g/mol. The molecule has 0 aliphatic heterocycles. The van der Waals surface area contributed by atoms with Gasteiger partial charge in [0.05, 0.1) is 6.61 Å². The summed E-state index contributed by atoms with van der Waals surface area (Å²) in [7, 11) is 1.36. The van der Waals surface area contributed by atoms with Crippen LogP contribution in [-0.2, 0) is 14.3 Å². The average molecular weight is 330 g/mol. The van der Waals surface area contributed by atoms with Gasteiger partial charge in [-0.2, -0.15) is 0 Å². The van der Waals surface area contributed by atoms with Crippen molar-refractivity contribution in [3.8, 4) is 5.75 Å². The van der Waals surface area contributed by atoms with Crippen molar-refractivity contribution < 1.29 is 24.2 Å². The summed E-state index contributed by atoms with van der Waals surface area (Å²) < 4.78 is 10.2. The minimum absolute atomic E-state index is 0.146. The summed E-state index contributed by atoms with van der Waals surface area (Å²) in [6.07, 6.45) is 0. The van der Waals surface area contributed by atoms with Crippen molar-refractivity contribution >= 4 is 23.5 Å². The lowest BCUT2D eigenvalue weighted by Gasteiger charge is -2.25. The Kier molecular flexibility index (Phi) is 6.20. The third kappa shape index (κ3) is 4.61. The molecule has 22 heavy (non-hydrogen) atoms. The SMILES string of the molecule is COCC(C)(NC(=O)COc1cc(C)c(Cl)c(C)c1)C(=O)O. The Balaban J connectivity index is 2.68. The molecule has 6 nitrogen and oxygen atoms in total. The number of methoxy groups -OCH3 is 1. The van der Waals surface area contributed by atoms with Crippen LogP contribution >= 0.6 is 11.6 Å². The molecule has 2 N–H and O–H groups in total. The fourth-order valence-corrected chi connectivity index (χ4v) is 2.03. The highest BCUT2D eigenvalue weighted by Crippen LogP contribution is 2.25. The lowest BCUT2D eigenvalue weighted by molar-refractivity contribution is -0.149. The van der Waals surface area contributed by atoms with E-state index in [1.165, 1.54) is 14.0 Å². The summed E-state index contributed by atoms with van der Waals surface area (Å²) >= 11 is 6.06. The molecule has 0 saturated carbocycles. The minimum atomic E-state index is -1.50. The zero-order valence-corrected chi connectivity index (χ0v) is 13.8. The molecule has 0 spiro atoms. The number of halogens is 1. The second kappa shape index (κ2) is 7.47. The normalized spacial score (nSPS) is 13.3. The van der Waals surface area contributed by atoms with Gasteiger partial charge in [0.25, 0.3) is 5.91 Å². The number of carbonyl (C=O) groups is 2. The van der Waals surface area contributed by atoms with E-state index in [-0.39, 0.29) is 13.2 Å². The molecule has 1 amide bonds. The number of aryl methyl sites for hydroxylation is 2. The third-order valence-electron chi connectivity index (χ3n) is 3.10. The Morgan fingerprint density at radius 1 is 1.32 bits per heavy atom. The number of carboxylic acid groups (broad SMARTS) is 1. The molecule has 1 aromatic rings. The van der Waals surface area contributed by atoms with Gasteiger partial charge < -0.3 is 19.9 Å². The fourth-order valence-electron chi connectivity index (χ4n) is 1.92. The first kappa shape index (κ1) is 18.3. The molecule has 1 rings (SSSR count). The largest absolute Gasteiger partial charge is 0.484 e. The lowest BCUT2D eigenvalue weighted by Crippen LogP contribution is -2.56. The van der Waals surface area contributed by atoms with Crippen LogP contribution in [0.5, 0.6) is 5.75 Å². The third-order valence-corrected chi connectivity index (χ3v) is 3.70. The number of rotatable bonds is 7. The topological polar surface area (TPSA) is 84.9 Å². The number of hydrogen-bond donors (Lipinski definition) is 2. The zero-order chi connectivity index (χ0) is 16.9. The van der Waals surface area contributed by atoms with E-state index in [4.69, 9.17) is 26.2 Å². The number of carboxylic acids is 1. The summed E-state index contributed by atoms with van der Waals surface area (Å²) in [5, 5.41) is 12.2. The number of ether oxygens (including phenoxy) is 2. The van der Waals surface area contributed by atoms with Gasteiger partial charge in [-0.15, -0.1) is 0 Å². The molecule has 1 atom stereocenters. The number of benzene rings is 1. The van der Waals surface area contributed by atoms with Crippen LogP contribution in [0.15, 0.2) is 12.1 Å². The molecule has 0 aliphatic carbocycles. The molecular formula is C15H20ClNO5. The van der Waals surface area contributed by atoms with Crippen LogP contribution in [0.25, 0.3) is 0 Å². The van der Waals surface area contributed by atoms with Crippen LogP contribution in [0.3, 0.4) is 0 Å². The molecule has 0 aromatic heterocycles. The molecule has 122 valence electrons. The average Bonchev–Trinajstić information content (AvgIpc) is 2.42. The summed E-state index contributed by atoms with van der Waals surface area (Å²) in [5.74, 6) is -1.23. The highest BCUT2D eigenvalue weighted by atomic mass is 35.5. The molecule has 0 radical (unpaired) electrons. The summed E-state index contributed by atoms with van der Waals surface area (Å²) in [4.78, 5) is 23.1. The number of nitrogens with one attached hydrogen (secondary N) is 1. The number of hydrogen-bond acceptors (Lipinski definition) is 4. The van der Waals surface area contributed by atoms with Crippen LogP contribution in [-0.4, -0.2) is 42.8 Å². The van der Waals surface area contributed by atoms with Gasteiger partial charge in [0.2, 0.25) is 0 Å². The molecule has 0 heterocycles. The standard InChI is InChI=1S/C15H20ClNO5/c1-9-5-11(6-10(2)13(9)16)22-7-12(18)17-15(3,8-21-4)14(19)20/h5-6H,7-8H2,1-4H3,(H,17,18)(H,19,20). The van der Waals surface area contributed by atoms with Gasteiger partial charge in [0, 0.05) is 12.1 Å². The molecule has 0 saturated heterocycles. The van der Waals surface area contributed by atoms with Gasteiger partial charge in [-0.25, -0.2) is 4.79 Å². The quantitative estimate of drug-likeness (QED) is 0.798. The minimum Gasteiger partial charge on any atom is -0.484 e. The van der Waals surface area contributed by atoms with Crippen LogP contribution in [0.2, 0.25) is 5.02 Å². The van der Waals surface area contributed by atoms with Crippen molar-refractivity contribution in [3.05, 3.63) is 28.3 Å². The van der Waals surface area contributed by atoms with Crippen LogP contribution in [0.4, 0.5) is 0 Å². The second-order valence-electron chi connectivity index (χ2n) is 5.28. The van der Waals surface area contributed by atoms with Crippen molar-refractivity contribution in [1.82, 2.24) is 5.32 Å². The highest BCUT2D eigenvalue weighted by molar-refractivity contribution is 6.32. The highest BCUT2D eigenvalue weighted by Gasteiger charge is 2.35. The van der Waals surface area contributed by atoms with E-state index in [0.29, 0.717) is 10.8 Å². The number of amides is 1. The number of aliphatic carboxylic acids is 1. The molecule has 0 bridgehead atoms. The molecule has 1 unspecified atom stereocenters. The van der Waals surface area contributed by atoms with Gasteiger partial charge in [0.1, 0.15) is 5.75 Å². The Hall–Kier alpha value is -1.79. The van der Waals surface area contributed by atoms with Crippen molar-refractivity contribution in [3.63, 3.8) is 0 Å².